The standard InChI is InChI=1S/C24H24F2N2O2S/c1-3-28(24(29)23-15(2)27-14-31-23)21-7-8-30-22(13-21)17-6-4-5-16(9-17)18-10-19(25)12-20(26)11-18/h4-6,9-12,14,21-22H,3,7-8,13H2,1-2H3/t21-,22+/m0/s1. The SMILES string of the molecule is CCN(C(=O)c1scnc1C)[C@H]1CCO[C@@H](c2cccc(-c3cc(F)cc(F)c3)c2)C1. The Morgan fingerprint density at radius 2 is 1.97 bits per heavy atom. The van der Waals surface area contributed by atoms with Crippen molar-refractivity contribution in [2.24, 2.45) is 0 Å². The first-order valence-corrected chi connectivity index (χ1v) is 11.2. The van der Waals surface area contributed by atoms with Crippen molar-refractivity contribution in [3.63, 3.8) is 0 Å². The average molecular weight is 443 g/mol. The molecular weight excluding hydrogens is 418 g/mol. The van der Waals surface area contributed by atoms with Crippen molar-refractivity contribution in [3.05, 3.63) is 75.7 Å². The lowest BCUT2D eigenvalue weighted by molar-refractivity contribution is -0.0230. The molecule has 0 unspecified atom stereocenters. The Hall–Kier alpha value is -2.64. The van der Waals surface area contributed by atoms with Crippen molar-refractivity contribution in [3.8, 4) is 11.1 Å². The number of aromatic nitrogens is 1. The molecule has 162 valence electrons. The second kappa shape index (κ2) is 9.24. The molecule has 1 amide bonds. The fourth-order valence-corrected chi connectivity index (χ4v) is 4.90. The number of carbonyl (C=O) groups is 1. The number of amides is 1. The summed E-state index contributed by atoms with van der Waals surface area (Å²) in [5.41, 5.74) is 4.60. The Morgan fingerprint density at radius 1 is 1.19 bits per heavy atom. The topological polar surface area (TPSA) is 42.4 Å². The highest BCUT2D eigenvalue weighted by molar-refractivity contribution is 7.11. The fraction of sp³-hybridized carbons (Fsp3) is 0.333. The fourth-order valence-electron chi connectivity index (χ4n) is 4.14. The van der Waals surface area contributed by atoms with E-state index >= 15 is 0 Å². The van der Waals surface area contributed by atoms with Crippen LogP contribution in [0, 0.1) is 18.6 Å². The zero-order valence-corrected chi connectivity index (χ0v) is 18.3. The highest BCUT2D eigenvalue weighted by Crippen LogP contribution is 2.34. The molecule has 31 heavy (non-hydrogen) atoms. The lowest BCUT2D eigenvalue weighted by Crippen LogP contribution is -2.43. The summed E-state index contributed by atoms with van der Waals surface area (Å²) < 4.78 is 33.4. The molecule has 2 aromatic carbocycles. The van der Waals surface area contributed by atoms with Crippen LogP contribution in [0.4, 0.5) is 8.78 Å². The number of carbonyl (C=O) groups excluding carboxylic acids is 1. The number of rotatable bonds is 5. The first kappa shape index (κ1) is 21.6. The van der Waals surface area contributed by atoms with Gasteiger partial charge in [-0.25, -0.2) is 13.8 Å². The molecule has 2 heterocycles. The van der Waals surface area contributed by atoms with Gasteiger partial charge in [0.05, 0.1) is 17.3 Å². The van der Waals surface area contributed by atoms with Gasteiger partial charge >= 0.3 is 0 Å². The Bertz CT molecular complexity index is 1060. The van der Waals surface area contributed by atoms with Gasteiger partial charge < -0.3 is 9.64 Å². The Kier molecular flexibility index (Phi) is 6.43. The number of aryl methyl sites for hydroxylation is 1. The molecule has 1 saturated heterocycles. The van der Waals surface area contributed by atoms with Crippen LogP contribution in [0.3, 0.4) is 0 Å². The van der Waals surface area contributed by atoms with Gasteiger partial charge in [-0.2, -0.15) is 0 Å². The van der Waals surface area contributed by atoms with Gasteiger partial charge in [0.1, 0.15) is 16.5 Å². The van der Waals surface area contributed by atoms with Crippen LogP contribution in [0.2, 0.25) is 0 Å². The summed E-state index contributed by atoms with van der Waals surface area (Å²) in [5, 5.41) is 0. The molecule has 1 fully saturated rings. The van der Waals surface area contributed by atoms with Crippen molar-refractivity contribution < 1.29 is 18.3 Å². The molecule has 0 radical (unpaired) electrons. The zero-order chi connectivity index (χ0) is 22.0. The summed E-state index contributed by atoms with van der Waals surface area (Å²) in [6.07, 6.45) is 1.24. The average Bonchev–Trinajstić information content (AvgIpc) is 3.20. The predicted octanol–water partition coefficient (Wildman–Crippen LogP) is 5.78. The first-order chi connectivity index (χ1) is 15.0. The molecule has 0 bridgehead atoms. The molecule has 4 rings (SSSR count). The third kappa shape index (κ3) is 4.67. The van der Waals surface area contributed by atoms with E-state index in [0.29, 0.717) is 30.0 Å². The van der Waals surface area contributed by atoms with Crippen LogP contribution in [0.15, 0.2) is 48.0 Å². The molecule has 0 saturated carbocycles. The molecule has 7 heteroatoms. The van der Waals surface area contributed by atoms with Gasteiger partial charge in [-0.1, -0.05) is 18.2 Å². The second-order valence-electron chi connectivity index (χ2n) is 7.68. The number of halogens is 2. The van der Waals surface area contributed by atoms with Crippen molar-refractivity contribution in [2.45, 2.75) is 38.8 Å². The summed E-state index contributed by atoms with van der Waals surface area (Å²) >= 11 is 1.37. The molecule has 1 aliphatic rings. The zero-order valence-electron chi connectivity index (χ0n) is 17.5. The molecule has 0 spiro atoms. The van der Waals surface area contributed by atoms with Crippen LogP contribution in [-0.2, 0) is 4.74 Å². The minimum atomic E-state index is -0.607. The van der Waals surface area contributed by atoms with Crippen LogP contribution < -0.4 is 0 Å². The lowest BCUT2D eigenvalue weighted by Gasteiger charge is -2.37. The summed E-state index contributed by atoms with van der Waals surface area (Å²) in [6, 6.07) is 11.1. The first-order valence-electron chi connectivity index (χ1n) is 10.4. The van der Waals surface area contributed by atoms with Gasteiger partial charge in [0.2, 0.25) is 0 Å². The van der Waals surface area contributed by atoms with Gasteiger partial charge in [-0.15, -0.1) is 11.3 Å². The number of nitrogens with zero attached hydrogens (tertiary/aromatic N) is 2. The second-order valence-corrected chi connectivity index (χ2v) is 8.53. The largest absolute Gasteiger partial charge is 0.373 e. The number of thiazole rings is 1. The molecule has 0 N–H and O–H groups in total. The third-order valence-electron chi connectivity index (χ3n) is 5.69. The van der Waals surface area contributed by atoms with Gasteiger partial charge in [0.15, 0.2) is 0 Å². The van der Waals surface area contributed by atoms with E-state index in [0.717, 1.165) is 29.3 Å². The molecule has 2 atom stereocenters. The Labute approximate surface area is 184 Å². The van der Waals surface area contributed by atoms with Gasteiger partial charge in [-0.3, -0.25) is 4.79 Å². The predicted molar refractivity (Wildman–Crippen MR) is 117 cm³/mol. The van der Waals surface area contributed by atoms with Crippen LogP contribution in [0.1, 0.15) is 46.8 Å². The molecule has 1 aliphatic heterocycles. The molecule has 1 aromatic heterocycles. The van der Waals surface area contributed by atoms with E-state index in [2.05, 4.69) is 4.98 Å². The van der Waals surface area contributed by atoms with Crippen molar-refractivity contribution in [2.75, 3.05) is 13.2 Å². The number of hydrogen-bond donors (Lipinski definition) is 0. The lowest BCUT2D eigenvalue weighted by atomic mass is 9.93. The molecular formula is C24H24F2N2O2S. The minimum Gasteiger partial charge on any atom is -0.373 e. The van der Waals surface area contributed by atoms with Crippen molar-refractivity contribution >= 4 is 17.2 Å². The van der Waals surface area contributed by atoms with E-state index in [4.69, 9.17) is 4.74 Å². The molecule has 3 aromatic rings. The van der Waals surface area contributed by atoms with E-state index < -0.39 is 11.6 Å². The summed E-state index contributed by atoms with van der Waals surface area (Å²) in [6.45, 7) is 4.98. The van der Waals surface area contributed by atoms with Crippen molar-refractivity contribution in [1.82, 2.24) is 9.88 Å². The maximum atomic E-state index is 13.7. The van der Waals surface area contributed by atoms with Crippen molar-refractivity contribution in [1.29, 1.82) is 0 Å². The maximum Gasteiger partial charge on any atom is 0.266 e. The molecule has 4 nitrogen and oxygen atoms in total. The third-order valence-corrected chi connectivity index (χ3v) is 6.61. The number of hydrogen-bond acceptors (Lipinski definition) is 4. The van der Waals surface area contributed by atoms with Gasteiger partial charge in [-0.05, 0) is 61.6 Å². The van der Waals surface area contributed by atoms with E-state index in [-0.39, 0.29) is 18.1 Å². The number of benzene rings is 2. The maximum absolute atomic E-state index is 13.7. The monoisotopic (exact) mass is 442 g/mol. The van der Waals surface area contributed by atoms with E-state index in [9.17, 15) is 13.6 Å². The highest BCUT2D eigenvalue weighted by atomic mass is 32.1. The van der Waals surface area contributed by atoms with E-state index in [1.54, 1.807) is 5.51 Å². The summed E-state index contributed by atoms with van der Waals surface area (Å²) in [7, 11) is 0. The summed E-state index contributed by atoms with van der Waals surface area (Å²) in [4.78, 5) is 19.9. The Morgan fingerprint density at radius 3 is 2.65 bits per heavy atom. The van der Waals surface area contributed by atoms with Crippen LogP contribution >= 0.6 is 11.3 Å². The highest BCUT2D eigenvalue weighted by Gasteiger charge is 2.31. The van der Waals surface area contributed by atoms with Crippen LogP contribution in [-0.4, -0.2) is 35.0 Å². The van der Waals surface area contributed by atoms with Crippen LogP contribution in [0.25, 0.3) is 11.1 Å². The van der Waals surface area contributed by atoms with E-state index in [1.165, 1.54) is 23.5 Å². The quantitative estimate of drug-likeness (QED) is 0.503. The van der Waals surface area contributed by atoms with Crippen LogP contribution in [0.5, 0.6) is 0 Å². The number of ether oxygens (including phenoxy) is 1. The smallest absolute Gasteiger partial charge is 0.266 e. The normalized spacial score (nSPS) is 18.7. The van der Waals surface area contributed by atoms with E-state index in [1.807, 2.05) is 43.0 Å². The van der Waals surface area contributed by atoms with Gasteiger partial charge in [0.25, 0.3) is 5.91 Å². The minimum absolute atomic E-state index is 0.0112. The summed E-state index contributed by atoms with van der Waals surface area (Å²) in [5.74, 6) is -1.20. The van der Waals surface area contributed by atoms with Gasteiger partial charge in [0, 0.05) is 25.3 Å². The molecule has 0 aliphatic carbocycles. The Balaban J connectivity index is 1.56.